The van der Waals surface area contributed by atoms with Crippen molar-refractivity contribution in [2.45, 2.75) is 111 Å². The van der Waals surface area contributed by atoms with E-state index in [0.717, 1.165) is 28.0 Å². The quantitative estimate of drug-likeness (QED) is 0.333. The number of methoxy groups -OCH3 is 1. The van der Waals surface area contributed by atoms with Crippen LogP contribution >= 0.6 is 11.9 Å². The number of amides is 3. The Morgan fingerprint density at radius 1 is 1.00 bits per heavy atom. The van der Waals surface area contributed by atoms with Gasteiger partial charge in [0.2, 0.25) is 0 Å². The molecule has 0 aromatic carbocycles. The predicted molar refractivity (Wildman–Crippen MR) is 176 cm³/mol. The van der Waals surface area contributed by atoms with Crippen LogP contribution in [-0.4, -0.2) is 97.6 Å². The Morgan fingerprint density at radius 3 is 2.14 bits per heavy atom. The van der Waals surface area contributed by atoms with Crippen LogP contribution in [0, 0.1) is 13.8 Å². The summed E-state index contributed by atoms with van der Waals surface area (Å²) < 4.78 is 63.1. The summed E-state index contributed by atoms with van der Waals surface area (Å²) in [6.45, 7) is 13.4. The number of nitrogens with zero attached hydrogens (tertiary/aromatic N) is 7. The molecule has 0 unspecified atom stereocenters. The summed E-state index contributed by atoms with van der Waals surface area (Å²) in [5, 5.41) is 10.7. The van der Waals surface area contributed by atoms with E-state index in [2.05, 4.69) is 9.38 Å². The second kappa shape index (κ2) is 12.9. The number of ether oxygens (including phenoxy) is 3. The van der Waals surface area contributed by atoms with Crippen molar-refractivity contribution in [2.75, 3.05) is 12.9 Å². The van der Waals surface area contributed by atoms with Crippen LogP contribution in [0.25, 0.3) is 0 Å². The van der Waals surface area contributed by atoms with Gasteiger partial charge in [0.25, 0.3) is 0 Å². The molecule has 1 atom stereocenters. The van der Waals surface area contributed by atoms with E-state index in [-0.39, 0.29) is 30.3 Å². The molecule has 0 spiro atoms. The van der Waals surface area contributed by atoms with Gasteiger partial charge < -0.3 is 19.1 Å². The van der Waals surface area contributed by atoms with E-state index in [0.29, 0.717) is 46.0 Å². The minimum absolute atomic E-state index is 0.00356. The number of aromatic nitrogens is 1. The van der Waals surface area contributed by atoms with Gasteiger partial charge in [0.15, 0.2) is 5.84 Å². The topological polar surface area (TPSA) is 139 Å². The van der Waals surface area contributed by atoms with Crippen LogP contribution in [-0.2, 0) is 20.8 Å². The third-order valence-electron chi connectivity index (χ3n) is 7.83. The molecular formula is C32H40F3N7O6S. The number of carbonyl (C=O) groups excluding carboxylic acids is 3. The van der Waals surface area contributed by atoms with E-state index >= 15 is 0 Å². The van der Waals surface area contributed by atoms with Gasteiger partial charge in [-0.25, -0.2) is 9.59 Å². The lowest BCUT2D eigenvalue weighted by Gasteiger charge is -2.31. The fourth-order valence-corrected chi connectivity index (χ4v) is 6.60. The molecule has 3 heterocycles. The van der Waals surface area contributed by atoms with Gasteiger partial charge in [0.05, 0.1) is 24.6 Å². The monoisotopic (exact) mass is 707 g/mol. The predicted octanol–water partition coefficient (Wildman–Crippen LogP) is 6.09. The molecule has 17 heteroatoms. The van der Waals surface area contributed by atoms with Gasteiger partial charge >= 0.3 is 24.3 Å². The number of amidine groups is 1. The molecule has 1 fully saturated rings. The smallest absolute Gasteiger partial charge is 0.471 e. The largest absolute Gasteiger partial charge is 0.496 e. The highest BCUT2D eigenvalue weighted by atomic mass is 32.2. The van der Waals surface area contributed by atoms with E-state index in [1.54, 1.807) is 54.8 Å². The number of rotatable bonds is 5. The Balaban J connectivity index is 1.67. The summed E-state index contributed by atoms with van der Waals surface area (Å²) in [6.07, 6.45) is -4.82. The first kappa shape index (κ1) is 36.1. The first-order valence-electron chi connectivity index (χ1n) is 15.7. The van der Waals surface area contributed by atoms with Crippen LogP contribution in [0.15, 0.2) is 31.9 Å². The highest BCUT2D eigenvalue weighted by Crippen LogP contribution is 2.43. The maximum atomic E-state index is 13.9. The minimum atomic E-state index is -5.09. The molecule has 1 aromatic heterocycles. The molecule has 5 rings (SSSR count). The Bertz CT molecular complexity index is 1660. The van der Waals surface area contributed by atoms with E-state index in [4.69, 9.17) is 24.4 Å². The van der Waals surface area contributed by atoms with Crippen molar-refractivity contribution in [1.29, 1.82) is 0 Å². The van der Waals surface area contributed by atoms with Crippen molar-refractivity contribution < 1.29 is 41.8 Å². The first-order valence-corrected chi connectivity index (χ1v) is 16.7. The SMILES string of the molecule is COc1c(C)cnc(CN2N=C3C[C@H](N(C(=O)C(F)(F)F)C4CC4)C4=C3C(=N2)C(N(C(=O)OC(C)(C)C)C(=O)OC(C)(C)C)=NSC4)c1C. The fraction of sp³-hybridized carbons (Fsp3) is 0.594. The third kappa shape index (κ3) is 7.70. The fourth-order valence-electron chi connectivity index (χ4n) is 5.77. The number of pyridine rings is 1. The Morgan fingerprint density at radius 2 is 1.61 bits per heavy atom. The Kier molecular flexibility index (Phi) is 9.55. The number of halogens is 3. The van der Waals surface area contributed by atoms with E-state index in [9.17, 15) is 27.6 Å². The van der Waals surface area contributed by atoms with Gasteiger partial charge in [-0.2, -0.15) is 37.8 Å². The summed E-state index contributed by atoms with van der Waals surface area (Å²) >= 11 is 0.905. The summed E-state index contributed by atoms with van der Waals surface area (Å²) in [5.74, 6) is -1.52. The number of aryl methyl sites for hydroxylation is 1. The molecule has 0 saturated heterocycles. The van der Waals surface area contributed by atoms with Gasteiger partial charge in [-0.15, -0.1) is 0 Å². The lowest BCUT2D eigenvalue weighted by atomic mass is 10.0. The standard InChI is InChI=1S/C32H40F3N7O6S/c1-16-13-36-21(17(2)25(16)46-9)14-40-37-20-12-22(41(18-10-11-18)27(43)32(33,34)35)19-15-49-39-26(24(38-40)23(19)20)42(28(44)47-30(3,4)5)29(45)48-31(6,7)8/h13,18,22H,10-12,14-15H2,1-9H3/t22-/m0/s1. The van der Waals surface area contributed by atoms with Gasteiger partial charge in [0.1, 0.15) is 29.2 Å². The van der Waals surface area contributed by atoms with Crippen LogP contribution in [0.1, 0.15) is 77.6 Å². The van der Waals surface area contributed by atoms with Crippen molar-refractivity contribution in [1.82, 2.24) is 19.9 Å². The van der Waals surface area contributed by atoms with Gasteiger partial charge in [-0.1, -0.05) is 0 Å². The molecular weight excluding hydrogens is 667 g/mol. The van der Waals surface area contributed by atoms with Crippen LogP contribution < -0.4 is 4.74 Å². The minimum Gasteiger partial charge on any atom is -0.496 e. The van der Waals surface area contributed by atoms with Crippen molar-refractivity contribution in [3.05, 3.63) is 34.2 Å². The van der Waals surface area contributed by atoms with Crippen LogP contribution in [0.4, 0.5) is 22.8 Å². The number of hydrazone groups is 2. The molecule has 2 aliphatic carbocycles. The summed E-state index contributed by atoms with van der Waals surface area (Å²) in [6, 6.07) is -1.59. The molecule has 0 bridgehead atoms. The van der Waals surface area contributed by atoms with E-state index in [1.807, 2.05) is 13.8 Å². The zero-order valence-corrected chi connectivity index (χ0v) is 29.7. The number of alkyl halides is 3. The molecule has 49 heavy (non-hydrogen) atoms. The normalized spacial score (nSPS) is 19.3. The zero-order valence-electron chi connectivity index (χ0n) is 28.9. The maximum absolute atomic E-state index is 13.9. The molecule has 2 aliphatic heterocycles. The molecule has 1 saturated carbocycles. The van der Waals surface area contributed by atoms with Crippen LogP contribution in [0.3, 0.4) is 0 Å². The van der Waals surface area contributed by atoms with Gasteiger partial charge in [0, 0.05) is 41.1 Å². The van der Waals surface area contributed by atoms with E-state index < -0.39 is 47.6 Å². The van der Waals surface area contributed by atoms with Crippen molar-refractivity contribution in [2.24, 2.45) is 14.6 Å². The maximum Gasteiger partial charge on any atom is 0.471 e. The Labute approximate surface area is 286 Å². The second-order valence-corrected chi connectivity index (χ2v) is 14.8. The van der Waals surface area contributed by atoms with E-state index in [1.165, 1.54) is 5.12 Å². The summed E-state index contributed by atoms with van der Waals surface area (Å²) in [7, 11) is 1.54. The molecule has 0 radical (unpaired) electrons. The summed E-state index contributed by atoms with van der Waals surface area (Å²) in [5.41, 5.74) is 1.09. The molecule has 4 aliphatic rings. The summed E-state index contributed by atoms with van der Waals surface area (Å²) in [4.78, 5) is 46.4. The molecule has 0 N–H and O–H groups in total. The molecule has 13 nitrogen and oxygen atoms in total. The highest BCUT2D eigenvalue weighted by Gasteiger charge is 2.54. The Hall–Kier alpha value is -4.15. The van der Waals surface area contributed by atoms with Crippen LogP contribution in [0.2, 0.25) is 0 Å². The third-order valence-corrected chi connectivity index (χ3v) is 8.57. The first-order chi connectivity index (χ1) is 22.7. The lowest BCUT2D eigenvalue weighted by Crippen LogP contribution is -2.50. The average Bonchev–Trinajstić information content (AvgIpc) is 3.75. The highest BCUT2D eigenvalue weighted by molar-refractivity contribution is 7.98. The van der Waals surface area contributed by atoms with Gasteiger partial charge in [-0.05, 0) is 85.8 Å². The van der Waals surface area contributed by atoms with Crippen molar-refractivity contribution in [3.63, 3.8) is 0 Å². The molecule has 3 amide bonds. The zero-order chi connectivity index (χ0) is 36.2. The van der Waals surface area contributed by atoms with Crippen LogP contribution in [0.5, 0.6) is 5.75 Å². The van der Waals surface area contributed by atoms with Crippen molar-refractivity contribution in [3.8, 4) is 5.75 Å². The van der Waals surface area contributed by atoms with Gasteiger partial charge in [-0.3, -0.25) is 9.78 Å². The average molecular weight is 708 g/mol. The number of hydrogen-bond acceptors (Lipinski definition) is 12. The van der Waals surface area contributed by atoms with Crippen molar-refractivity contribution >= 4 is 47.3 Å². The number of hydrogen-bond donors (Lipinski definition) is 0. The second-order valence-electron chi connectivity index (χ2n) is 14.1. The number of carbonyl (C=O) groups is 3. The molecule has 266 valence electrons. The molecule has 1 aromatic rings. The lowest BCUT2D eigenvalue weighted by molar-refractivity contribution is -0.187. The number of imide groups is 1.